The van der Waals surface area contributed by atoms with Crippen molar-refractivity contribution in [3.05, 3.63) is 68.2 Å². The molecule has 3 rings (SSSR count). The summed E-state index contributed by atoms with van der Waals surface area (Å²) in [5, 5.41) is 0. The van der Waals surface area contributed by atoms with E-state index in [1.165, 1.54) is 26.0 Å². The van der Waals surface area contributed by atoms with Gasteiger partial charge >= 0.3 is 17.6 Å². The van der Waals surface area contributed by atoms with Crippen LogP contribution in [0.4, 0.5) is 4.39 Å². The number of aryl methyl sites for hydroxylation is 1. The molecule has 1 aromatic carbocycles. The number of halogens is 1. The summed E-state index contributed by atoms with van der Waals surface area (Å²) in [7, 11) is 0. The summed E-state index contributed by atoms with van der Waals surface area (Å²) < 4.78 is 31.1. The highest BCUT2D eigenvalue weighted by atomic mass is 19.1. The first-order valence-electron chi connectivity index (χ1n) is 9.69. The molecule has 32 heavy (non-hydrogen) atoms. The molecule has 0 radical (unpaired) electrons. The Morgan fingerprint density at radius 3 is 2.53 bits per heavy atom. The largest absolute Gasteiger partial charge is 0.463 e. The number of aromatic nitrogens is 2. The van der Waals surface area contributed by atoms with Gasteiger partial charge in [0.05, 0.1) is 6.20 Å². The van der Waals surface area contributed by atoms with Crippen LogP contribution in [-0.4, -0.2) is 45.8 Å². The van der Waals surface area contributed by atoms with E-state index in [0.29, 0.717) is 11.8 Å². The van der Waals surface area contributed by atoms with Gasteiger partial charge in [0.1, 0.15) is 25.0 Å². The molecule has 0 bridgehead atoms. The molecule has 1 aliphatic rings. The van der Waals surface area contributed by atoms with Crippen molar-refractivity contribution in [3.8, 4) is 0 Å². The third-order valence-electron chi connectivity index (χ3n) is 4.80. The Morgan fingerprint density at radius 2 is 1.91 bits per heavy atom. The molecule has 0 spiro atoms. The molecule has 1 aliphatic heterocycles. The maximum Gasteiger partial charge on any atom is 0.340 e. The van der Waals surface area contributed by atoms with Gasteiger partial charge < -0.3 is 14.2 Å². The Balaban J connectivity index is 2.00. The fourth-order valence-corrected chi connectivity index (χ4v) is 3.39. The standard InChI is InChI=1S/C21H21FN2O8/c1-11-5-4-6-14(7-11)19(27)24-20(28)15(22)9-23(21(24)29)18-8-16(31-13(3)26)17(32-18)10-30-12(2)25/h4-7,9,16-18H,8,10H2,1-3H3/t16-,17+,18+/m0/s1. The van der Waals surface area contributed by atoms with Crippen molar-refractivity contribution in [1.82, 2.24) is 9.13 Å². The van der Waals surface area contributed by atoms with Crippen molar-refractivity contribution < 1.29 is 33.0 Å². The molecule has 1 saturated heterocycles. The SMILES string of the molecule is CC(=O)OC[C@H]1O[C@@H](n2cc(F)c(=O)n(C(=O)c3cccc(C)c3)c2=O)C[C@@H]1OC(C)=O. The van der Waals surface area contributed by atoms with Gasteiger partial charge in [-0.15, -0.1) is 0 Å². The van der Waals surface area contributed by atoms with E-state index in [2.05, 4.69) is 0 Å². The highest BCUT2D eigenvalue weighted by molar-refractivity contribution is 5.95. The molecule has 0 N–H and O–H groups in total. The van der Waals surface area contributed by atoms with E-state index < -0.39 is 53.3 Å². The summed E-state index contributed by atoms with van der Waals surface area (Å²) in [4.78, 5) is 60.7. The van der Waals surface area contributed by atoms with Crippen LogP contribution >= 0.6 is 0 Å². The first-order valence-corrected chi connectivity index (χ1v) is 9.69. The first kappa shape index (κ1) is 23.1. The fraction of sp³-hybridized carbons (Fsp3) is 0.381. The minimum absolute atomic E-state index is 0.0271. The van der Waals surface area contributed by atoms with Crippen LogP contribution in [-0.2, 0) is 23.8 Å². The normalized spacial score (nSPS) is 20.1. The summed E-state index contributed by atoms with van der Waals surface area (Å²) in [5.41, 5.74) is -1.79. The second-order valence-electron chi connectivity index (χ2n) is 7.30. The van der Waals surface area contributed by atoms with Crippen LogP contribution in [0.25, 0.3) is 0 Å². The van der Waals surface area contributed by atoms with Gasteiger partial charge in [-0.1, -0.05) is 17.7 Å². The van der Waals surface area contributed by atoms with Gasteiger partial charge in [0.15, 0.2) is 0 Å². The molecule has 2 heterocycles. The van der Waals surface area contributed by atoms with E-state index in [9.17, 15) is 28.4 Å². The molecule has 1 fully saturated rings. The molecule has 3 atom stereocenters. The van der Waals surface area contributed by atoms with Crippen LogP contribution in [0.2, 0.25) is 0 Å². The van der Waals surface area contributed by atoms with Gasteiger partial charge in [0, 0.05) is 25.8 Å². The van der Waals surface area contributed by atoms with E-state index in [1.54, 1.807) is 19.1 Å². The van der Waals surface area contributed by atoms with Crippen LogP contribution < -0.4 is 11.2 Å². The number of carbonyl (C=O) groups excluding carboxylic acids is 3. The second kappa shape index (κ2) is 9.27. The fourth-order valence-electron chi connectivity index (χ4n) is 3.39. The minimum atomic E-state index is -1.40. The zero-order valence-electron chi connectivity index (χ0n) is 17.6. The maximum absolute atomic E-state index is 14.4. The van der Waals surface area contributed by atoms with E-state index in [-0.39, 0.29) is 23.2 Å². The van der Waals surface area contributed by atoms with Crippen molar-refractivity contribution in [2.45, 2.75) is 45.6 Å². The van der Waals surface area contributed by atoms with Crippen LogP contribution in [0.1, 0.15) is 42.4 Å². The Labute approximate surface area is 181 Å². The van der Waals surface area contributed by atoms with Gasteiger partial charge in [0.25, 0.3) is 11.5 Å². The smallest absolute Gasteiger partial charge is 0.340 e. The molecular formula is C21H21FN2O8. The highest BCUT2D eigenvalue weighted by Gasteiger charge is 2.40. The molecule has 0 unspecified atom stereocenters. The van der Waals surface area contributed by atoms with Crippen LogP contribution in [0, 0.1) is 12.7 Å². The number of hydrogen-bond acceptors (Lipinski definition) is 8. The molecule has 0 saturated carbocycles. The Bertz CT molecular complexity index is 1190. The number of esters is 2. The molecule has 11 heteroatoms. The number of nitrogens with zero attached hydrogens (tertiary/aromatic N) is 2. The zero-order chi connectivity index (χ0) is 23.6. The number of benzene rings is 1. The van der Waals surface area contributed by atoms with Crippen molar-refractivity contribution >= 4 is 17.8 Å². The molecule has 2 aromatic rings. The van der Waals surface area contributed by atoms with Crippen LogP contribution in [0.3, 0.4) is 0 Å². The van der Waals surface area contributed by atoms with Crippen molar-refractivity contribution in [2.75, 3.05) is 6.61 Å². The van der Waals surface area contributed by atoms with Gasteiger partial charge in [-0.05, 0) is 19.1 Å². The summed E-state index contributed by atoms with van der Waals surface area (Å²) in [5.74, 6) is -3.58. The van der Waals surface area contributed by atoms with Crippen molar-refractivity contribution in [3.63, 3.8) is 0 Å². The number of ether oxygens (including phenoxy) is 3. The van der Waals surface area contributed by atoms with Crippen LogP contribution in [0.5, 0.6) is 0 Å². The lowest BCUT2D eigenvalue weighted by molar-refractivity contribution is -0.155. The number of rotatable bonds is 5. The maximum atomic E-state index is 14.4. The molecule has 0 aliphatic carbocycles. The van der Waals surface area contributed by atoms with E-state index in [4.69, 9.17) is 14.2 Å². The predicted octanol–water partition coefficient (Wildman–Crippen LogP) is 0.928. The average molecular weight is 448 g/mol. The summed E-state index contributed by atoms with van der Waals surface area (Å²) in [6.45, 7) is 3.79. The number of hydrogen-bond donors (Lipinski definition) is 0. The molecule has 170 valence electrons. The summed E-state index contributed by atoms with van der Waals surface area (Å²) >= 11 is 0. The molecule has 1 aromatic heterocycles. The lowest BCUT2D eigenvalue weighted by Crippen LogP contribution is -2.46. The Kier molecular flexibility index (Phi) is 6.68. The molecular weight excluding hydrogens is 427 g/mol. The van der Waals surface area contributed by atoms with Gasteiger partial charge in [0.2, 0.25) is 5.82 Å². The van der Waals surface area contributed by atoms with Gasteiger partial charge in [-0.3, -0.25) is 23.7 Å². The highest BCUT2D eigenvalue weighted by Crippen LogP contribution is 2.30. The average Bonchev–Trinajstić information content (AvgIpc) is 3.10. The van der Waals surface area contributed by atoms with Gasteiger partial charge in [-0.2, -0.15) is 8.96 Å². The number of carbonyl (C=O) groups is 3. The zero-order valence-corrected chi connectivity index (χ0v) is 17.6. The van der Waals surface area contributed by atoms with Crippen molar-refractivity contribution in [2.24, 2.45) is 0 Å². The van der Waals surface area contributed by atoms with Crippen molar-refractivity contribution in [1.29, 1.82) is 0 Å². The monoisotopic (exact) mass is 448 g/mol. The third kappa shape index (κ3) is 4.83. The lowest BCUT2D eigenvalue weighted by Gasteiger charge is -2.18. The summed E-state index contributed by atoms with van der Waals surface area (Å²) in [6, 6.07) is 6.14. The first-order chi connectivity index (χ1) is 15.1. The summed E-state index contributed by atoms with van der Waals surface area (Å²) in [6.07, 6.45) is -2.48. The van der Waals surface area contributed by atoms with Crippen LogP contribution in [0.15, 0.2) is 40.1 Å². The molecule has 0 amide bonds. The minimum Gasteiger partial charge on any atom is -0.463 e. The third-order valence-corrected chi connectivity index (χ3v) is 4.80. The van der Waals surface area contributed by atoms with Gasteiger partial charge in [-0.25, -0.2) is 4.79 Å². The lowest BCUT2D eigenvalue weighted by atomic mass is 10.1. The van der Waals surface area contributed by atoms with E-state index >= 15 is 0 Å². The molecule has 10 nitrogen and oxygen atoms in total. The van der Waals surface area contributed by atoms with E-state index in [0.717, 1.165) is 4.57 Å². The predicted molar refractivity (Wildman–Crippen MR) is 107 cm³/mol. The topological polar surface area (TPSA) is 123 Å². The Hall–Kier alpha value is -3.60. The quantitative estimate of drug-likeness (QED) is 0.619. The van der Waals surface area contributed by atoms with E-state index in [1.807, 2.05) is 0 Å². The second-order valence-corrected chi connectivity index (χ2v) is 7.30. The Morgan fingerprint density at radius 1 is 1.19 bits per heavy atom.